The third-order valence-corrected chi connectivity index (χ3v) is 7.62. The van der Waals surface area contributed by atoms with Crippen molar-refractivity contribution in [3.05, 3.63) is 66.0 Å². The Morgan fingerprint density at radius 3 is 2.29 bits per heavy atom. The lowest BCUT2D eigenvalue weighted by Crippen LogP contribution is -2.57. The molecule has 10 heteroatoms. The Morgan fingerprint density at radius 1 is 1.00 bits per heavy atom. The molecule has 0 bridgehead atoms. The molecule has 2 aliphatic heterocycles. The van der Waals surface area contributed by atoms with E-state index in [-0.39, 0.29) is 25.4 Å². The van der Waals surface area contributed by atoms with Gasteiger partial charge in [-0.2, -0.15) is 4.72 Å². The van der Waals surface area contributed by atoms with Gasteiger partial charge in [-0.25, -0.2) is 12.8 Å². The first kappa shape index (κ1) is 24.3. The Kier molecular flexibility index (Phi) is 7.60. The van der Waals surface area contributed by atoms with E-state index in [9.17, 15) is 22.4 Å². The largest absolute Gasteiger partial charge is 0.368 e. The van der Waals surface area contributed by atoms with Gasteiger partial charge in [0.25, 0.3) is 5.91 Å². The summed E-state index contributed by atoms with van der Waals surface area (Å²) in [6.45, 7) is 1.84. The van der Waals surface area contributed by atoms with Crippen LogP contribution in [0.3, 0.4) is 0 Å². The van der Waals surface area contributed by atoms with Gasteiger partial charge in [0.05, 0.1) is 0 Å². The summed E-state index contributed by atoms with van der Waals surface area (Å²) in [5, 5.41) is 0. The lowest BCUT2D eigenvalue weighted by molar-refractivity contribution is -0.146. The minimum absolute atomic E-state index is 0.0642. The molecule has 182 valence electrons. The highest BCUT2D eigenvalue weighted by Crippen LogP contribution is 2.18. The fourth-order valence-corrected chi connectivity index (χ4v) is 5.55. The van der Waals surface area contributed by atoms with Crippen molar-refractivity contribution >= 4 is 21.8 Å². The average molecular weight is 490 g/mol. The fourth-order valence-electron chi connectivity index (χ4n) is 4.29. The van der Waals surface area contributed by atoms with Crippen molar-refractivity contribution in [2.75, 3.05) is 32.8 Å². The van der Waals surface area contributed by atoms with Crippen LogP contribution < -0.4 is 4.72 Å². The summed E-state index contributed by atoms with van der Waals surface area (Å²) in [4.78, 5) is 28.7. The van der Waals surface area contributed by atoms with Gasteiger partial charge in [-0.05, 0) is 37.0 Å². The second-order valence-corrected chi connectivity index (χ2v) is 10.1. The zero-order chi connectivity index (χ0) is 24.1. The van der Waals surface area contributed by atoms with E-state index < -0.39 is 38.8 Å². The van der Waals surface area contributed by atoms with Crippen molar-refractivity contribution < 1.29 is 27.1 Å². The van der Waals surface area contributed by atoms with E-state index in [1.807, 2.05) is 6.07 Å². The molecule has 2 aromatic rings. The number of amides is 2. The van der Waals surface area contributed by atoms with Crippen molar-refractivity contribution in [3.8, 4) is 0 Å². The van der Waals surface area contributed by atoms with Crippen LogP contribution in [-0.2, 0) is 30.8 Å². The van der Waals surface area contributed by atoms with Gasteiger partial charge >= 0.3 is 0 Å². The maximum absolute atomic E-state index is 14.2. The molecule has 0 aliphatic carbocycles. The van der Waals surface area contributed by atoms with Gasteiger partial charge in [0, 0.05) is 32.8 Å². The van der Waals surface area contributed by atoms with E-state index in [0.29, 0.717) is 26.1 Å². The summed E-state index contributed by atoms with van der Waals surface area (Å²) in [5.41, 5.74) is 0.768. The number of benzene rings is 2. The van der Waals surface area contributed by atoms with E-state index in [0.717, 1.165) is 24.1 Å². The smallest absolute Gasteiger partial charge is 0.251 e. The predicted octanol–water partition coefficient (Wildman–Crippen LogP) is 1.57. The molecule has 8 nitrogen and oxygen atoms in total. The average Bonchev–Trinajstić information content (AvgIpc) is 3.39. The van der Waals surface area contributed by atoms with E-state index in [1.165, 1.54) is 12.1 Å². The van der Waals surface area contributed by atoms with Crippen molar-refractivity contribution in [3.63, 3.8) is 0 Å². The van der Waals surface area contributed by atoms with Gasteiger partial charge in [-0.3, -0.25) is 9.59 Å². The summed E-state index contributed by atoms with van der Waals surface area (Å²) in [5.74, 6) is -1.36. The molecule has 0 radical (unpaired) electrons. The highest BCUT2D eigenvalue weighted by molar-refractivity contribution is 7.89. The molecule has 0 aromatic heterocycles. The van der Waals surface area contributed by atoms with Crippen molar-refractivity contribution in [2.24, 2.45) is 0 Å². The zero-order valence-corrected chi connectivity index (χ0v) is 19.5. The van der Waals surface area contributed by atoms with Crippen molar-refractivity contribution in [1.29, 1.82) is 0 Å². The fraction of sp³-hybridized carbons (Fsp3) is 0.417. The summed E-state index contributed by atoms with van der Waals surface area (Å²) in [7, 11) is -4.28. The summed E-state index contributed by atoms with van der Waals surface area (Å²) < 4.78 is 48.0. The van der Waals surface area contributed by atoms with E-state index in [4.69, 9.17) is 4.74 Å². The highest BCUT2D eigenvalue weighted by Gasteiger charge is 2.35. The molecule has 1 N–H and O–H groups in total. The number of nitrogens with one attached hydrogen (secondary N) is 1. The van der Waals surface area contributed by atoms with Gasteiger partial charge in [0.1, 0.15) is 22.9 Å². The molecule has 2 fully saturated rings. The second kappa shape index (κ2) is 10.6. The van der Waals surface area contributed by atoms with Gasteiger partial charge in [0.15, 0.2) is 0 Å². The Labute approximate surface area is 198 Å². The highest BCUT2D eigenvalue weighted by atomic mass is 32.2. The first-order valence-electron chi connectivity index (χ1n) is 11.3. The summed E-state index contributed by atoms with van der Waals surface area (Å²) >= 11 is 0. The standard InChI is InChI=1S/C24H28FN3O5S/c25-19-9-4-5-11-22(19)34(31,32)26-20(17-18-7-2-1-3-8-18)23(29)27-12-14-28(15-13-27)24(30)21-10-6-16-33-21/h1-5,7-9,11,20-21,26H,6,10,12-17H2. The number of ether oxygens (including phenoxy) is 1. The monoisotopic (exact) mass is 489 g/mol. The predicted molar refractivity (Wildman–Crippen MR) is 123 cm³/mol. The molecule has 2 saturated heterocycles. The maximum Gasteiger partial charge on any atom is 0.251 e. The molecular weight excluding hydrogens is 461 g/mol. The lowest BCUT2D eigenvalue weighted by atomic mass is 10.1. The second-order valence-electron chi connectivity index (χ2n) is 8.45. The number of hydrogen-bond acceptors (Lipinski definition) is 5. The van der Waals surface area contributed by atoms with Gasteiger partial charge in [-0.15, -0.1) is 0 Å². The first-order chi connectivity index (χ1) is 16.3. The normalized spacial score (nSPS) is 19.7. The quantitative estimate of drug-likeness (QED) is 0.637. The molecule has 2 amide bonds. The zero-order valence-electron chi connectivity index (χ0n) is 18.7. The number of rotatable bonds is 7. The minimum Gasteiger partial charge on any atom is -0.368 e. The molecule has 34 heavy (non-hydrogen) atoms. The number of hydrogen-bond donors (Lipinski definition) is 1. The Bertz CT molecular complexity index is 1110. The summed E-state index contributed by atoms with van der Waals surface area (Å²) in [6.07, 6.45) is 1.26. The summed E-state index contributed by atoms with van der Waals surface area (Å²) in [6, 6.07) is 13.0. The third kappa shape index (κ3) is 5.63. The van der Waals surface area contributed by atoms with Gasteiger partial charge < -0.3 is 14.5 Å². The van der Waals surface area contributed by atoms with Crippen LogP contribution in [0.2, 0.25) is 0 Å². The molecule has 2 atom stereocenters. The SMILES string of the molecule is O=C(C(Cc1ccccc1)NS(=O)(=O)c1ccccc1F)N1CCN(C(=O)C2CCCO2)CC1. The Morgan fingerprint density at radius 2 is 1.65 bits per heavy atom. The topological polar surface area (TPSA) is 96.0 Å². The molecule has 2 aromatic carbocycles. The van der Waals surface area contributed by atoms with Crippen LogP contribution in [0.5, 0.6) is 0 Å². The van der Waals surface area contributed by atoms with E-state index >= 15 is 0 Å². The molecule has 2 heterocycles. The third-order valence-electron chi connectivity index (χ3n) is 6.11. The number of carbonyl (C=O) groups is 2. The first-order valence-corrected chi connectivity index (χ1v) is 12.8. The van der Waals surface area contributed by atoms with Crippen LogP contribution in [0.15, 0.2) is 59.5 Å². The van der Waals surface area contributed by atoms with Crippen LogP contribution in [0.1, 0.15) is 18.4 Å². The lowest BCUT2D eigenvalue weighted by Gasteiger charge is -2.37. The van der Waals surface area contributed by atoms with Crippen LogP contribution in [0.4, 0.5) is 4.39 Å². The van der Waals surface area contributed by atoms with Crippen LogP contribution in [-0.4, -0.2) is 75.0 Å². The molecule has 2 aliphatic rings. The number of carbonyl (C=O) groups excluding carboxylic acids is 2. The van der Waals surface area contributed by atoms with Gasteiger partial charge in [-0.1, -0.05) is 42.5 Å². The molecule has 0 spiro atoms. The van der Waals surface area contributed by atoms with Crippen molar-refractivity contribution in [2.45, 2.75) is 36.3 Å². The van der Waals surface area contributed by atoms with Crippen LogP contribution in [0.25, 0.3) is 0 Å². The molecule has 2 unspecified atom stereocenters. The molecular formula is C24H28FN3O5S. The van der Waals surface area contributed by atoms with Crippen LogP contribution >= 0.6 is 0 Å². The maximum atomic E-state index is 14.2. The minimum atomic E-state index is -4.28. The Hall–Kier alpha value is -2.82. The number of sulfonamides is 1. The molecule has 0 saturated carbocycles. The van der Waals surface area contributed by atoms with E-state index in [2.05, 4.69) is 4.72 Å². The molecule has 4 rings (SSSR count). The number of nitrogens with zero attached hydrogens (tertiary/aromatic N) is 2. The number of halogens is 1. The van der Waals surface area contributed by atoms with Gasteiger partial charge in [0.2, 0.25) is 15.9 Å². The van der Waals surface area contributed by atoms with E-state index in [1.54, 1.807) is 34.1 Å². The number of piperazine rings is 1. The van der Waals surface area contributed by atoms with Crippen molar-refractivity contribution in [1.82, 2.24) is 14.5 Å². The van der Waals surface area contributed by atoms with Crippen LogP contribution in [0, 0.1) is 5.82 Å². The Balaban J connectivity index is 1.48.